The number of allylic oxidation sites excluding steroid dienone is 4. The predicted molar refractivity (Wildman–Crippen MR) is 322 cm³/mol. The van der Waals surface area contributed by atoms with Crippen LogP contribution in [-0.2, 0) is 42.9 Å². The Morgan fingerprint density at radius 1 is 0.405 bits per heavy atom. The van der Waals surface area contributed by atoms with Crippen molar-refractivity contribution in [1.29, 1.82) is 0 Å². The number of rotatable bonds is 58. The van der Waals surface area contributed by atoms with Crippen molar-refractivity contribution in [3.8, 4) is 0 Å². The van der Waals surface area contributed by atoms with Crippen LogP contribution in [0, 0.1) is 0 Å². The van der Waals surface area contributed by atoms with Crippen LogP contribution < -0.4 is 0 Å². The molecule has 462 valence electrons. The number of carbonyl (C=O) groups excluding carboxylic acids is 3. The van der Waals surface area contributed by atoms with Crippen LogP contribution in [0.2, 0.25) is 0 Å². The quantitative estimate of drug-likeness (QED) is 0.0228. The highest BCUT2D eigenvalue weighted by atomic mass is 16.7. The molecular formula is C67H122O12. The molecule has 0 aromatic rings. The summed E-state index contributed by atoms with van der Waals surface area (Å²) in [5.41, 5.74) is 0. The second-order valence-electron chi connectivity index (χ2n) is 23.1. The maximum atomic E-state index is 13.2. The molecule has 12 nitrogen and oxygen atoms in total. The Kier molecular flexibility index (Phi) is 52.3. The number of hydrogen-bond donors (Lipinski definition) is 3. The molecule has 0 saturated carbocycles. The van der Waals surface area contributed by atoms with Crippen LogP contribution >= 0.6 is 0 Å². The molecule has 1 heterocycles. The molecule has 0 aromatic carbocycles. The van der Waals surface area contributed by atoms with E-state index >= 15 is 0 Å². The van der Waals surface area contributed by atoms with Crippen molar-refractivity contribution in [3.05, 3.63) is 24.3 Å². The number of aliphatic hydroxyl groups is 2. The minimum atomic E-state index is -1.90. The van der Waals surface area contributed by atoms with Crippen molar-refractivity contribution in [3.63, 3.8) is 0 Å². The third kappa shape index (κ3) is 45.4. The van der Waals surface area contributed by atoms with Crippen LogP contribution in [0.4, 0.5) is 0 Å². The first-order chi connectivity index (χ1) is 38.6. The maximum absolute atomic E-state index is 13.2. The highest BCUT2D eigenvalue weighted by Crippen LogP contribution is 2.27. The summed E-state index contributed by atoms with van der Waals surface area (Å²) < 4.78 is 28.5. The van der Waals surface area contributed by atoms with E-state index in [1.54, 1.807) is 0 Å². The molecule has 6 atom stereocenters. The summed E-state index contributed by atoms with van der Waals surface area (Å²) in [6.45, 7) is 6.03. The van der Waals surface area contributed by atoms with Gasteiger partial charge in [0.2, 0.25) is 0 Å². The number of carboxylic acids is 1. The summed E-state index contributed by atoms with van der Waals surface area (Å²) in [6.07, 6.45) is 52.8. The molecule has 0 spiro atoms. The van der Waals surface area contributed by atoms with E-state index in [0.717, 1.165) is 96.3 Å². The number of unbranched alkanes of at least 4 members (excludes halogenated alkanes) is 40. The first-order valence-corrected chi connectivity index (χ1v) is 33.3. The number of esters is 3. The third-order valence-electron chi connectivity index (χ3n) is 15.5. The minimum Gasteiger partial charge on any atom is -0.479 e. The zero-order chi connectivity index (χ0) is 57.5. The summed E-state index contributed by atoms with van der Waals surface area (Å²) in [5.74, 6) is -3.10. The van der Waals surface area contributed by atoms with E-state index in [-0.39, 0.29) is 25.9 Å². The Bertz CT molecular complexity index is 1470. The van der Waals surface area contributed by atoms with Gasteiger partial charge in [-0.25, -0.2) is 4.79 Å². The normalized spacial score (nSPS) is 17.9. The molecule has 0 bridgehead atoms. The smallest absolute Gasteiger partial charge is 0.335 e. The van der Waals surface area contributed by atoms with Crippen molar-refractivity contribution in [2.24, 2.45) is 0 Å². The summed E-state index contributed by atoms with van der Waals surface area (Å²) >= 11 is 0. The van der Waals surface area contributed by atoms with Crippen LogP contribution in [-0.4, -0.2) is 89.2 Å². The monoisotopic (exact) mass is 1120 g/mol. The molecule has 6 unspecified atom stereocenters. The van der Waals surface area contributed by atoms with E-state index in [1.165, 1.54) is 173 Å². The third-order valence-corrected chi connectivity index (χ3v) is 15.5. The number of aliphatic hydroxyl groups excluding tert-OH is 2. The van der Waals surface area contributed by atoms with Gasteiger partial charge in [-0.15, -0.1) is 0 Å². The second-order valence-corrected chi connectivity index (χ2v) is 23.1. The van der Waals surface area contributed by atoms with Crippen molar-refractivity contribution in [2.45, 2.75) is 366 Å². The van der Waals surface area contributed by atoms with Gasteiger partial charge in [-0.1, -0.05) is 263 Å². The lowest BCUT2D eigenvalue weighted by molar-refractivity contribution is -0.301. The lowest BCUT2D eigenvalue weighted by Gasteiger charge is -2.40. The molecule has 0 aliphatic carbocycles. The predicted octanol–water partition coefficient (Wildman–Crippen LogP) is 17.8. The van der Waals surface area contributed by atoms with E-state index in [2.05, 4.69) is 45.1 Å². The van der Waals surface area contributed by atoms with E-state index in [4.69, 9.17) is 23.7 Å². The lowest BCUT2D eigenvalue weighted by Crippen LogP contribution is -2.61. The lowest BCUT2D eigenvalue weighted by atomic mass is 9.98. The molecule has 1 fully saturated rings. The number of aliphatic carboxylic acids is 1. The van der Waals surface area contributed by atoms with Gasteiger partial charge in [-0.05, 0) is 70.6 Å². The summed E-state index contributed by atoms with van der Waals surface area (Å²) in [5, 5.41) is 31.6. The van der Waals surface area contributed by atoms with E-state index < -0.39 is 67.3 Å². The first kappa shape index (κ1) is 74.2. The van der Waals surface area contributed by atoms with Crippen molar-refractivity contribution in [2.75, 3.05) is 13.2 Å². The SMILES string of the molecule is CCCCCCCC/C=C\CCCCCCCC(=O)OC(COC(=O)CCCCCCCCCCCCCCCCCCCCC)COC1OC(C(=O)O)C(O)C(O)C1OC(=O)CCCCCCC/C=C\CCCCCCCC. The second kappa shape index (κ2) is 55.7. The van der Waals surface area contributed by atoms with Crippen molar-refractivity contribution < 1.29 is 58.2 Å². The summed E-state index contributed by atoms with van der Waals surface area (Å²) in [4.78, 5) is 51.3. The van der Waals surface area contributed by atoms with E-state index in [0.29, 0.717) is 19.3 Å². The number of carbonyl (C=O) groups is 4. The molecule has 3 N–H and O–H groups in total. The standard InChI is InChI=1S/C67H122O12/c1-4-7-10-13-16-19-22-25-28-29-30-31-34-35-38-41-44-47-50-53-59(68)75-56-58(77-60(69)54-51-48-45-42-39-36-32-26-23-20-17-14-11-8-5-2)57-76-67-65(63(72)62(71)64(79-67)66(73)74)78-61(70)55-52-49-46-43-40-37-33-27-24-21-18-15-12-9-6-3/h26-27,32-33,58,62-65,67,71-72H,4-25,28-31,34-57H2,1-3H3,(H,73,74)/b32-26-,33-27-. The maximum Gasteiger partial charge on any atom is 0.335 e. The molecular weight excluding hydrogens is 997 g/mol. The molecule has 0 aromatic heterocycles. The Morgan fingerprint density at radius 3 is 1.08 bits per heavy atom. The molecule has 79 heavy (non-hydrogen) atoms. The molecule has 1 saturated heterocycles. The Labute approximate surface area is 483 Å². The van der Waals surface area contributed by atoms with Crippen LogP contribution in [0.15, 0.2) is 24.3 Å². The fourth-order valence-corrected chi connectivity index (χ4v) is 10.4. The van der Waals surface area contributed by atoms with Gasteiger partial charge in [-0.2, -0.15) is 0 Å². The molecule has 1 aliphatic heterocycles. The molecule has 12 heteroatoms. The molecule has 0 radical (unpaired) electrons. The molecule has 1 aliphatic rings. The van der Waals surface area contributed by atoms with Gasteiger partial charge in [-0.3, -0.25) is 14.4 Å². The highest BCUT2D eigenvalue weighted by Gasteiger charge is 2.50. The average Bonchev–Trinajstić information content (AvgIpc) is 3.46. The first-order valence-electron chi connectivity index (χ1n) is 33.3. The van der Waals surface area contributed by atoms with Crippen LogP contribution in [0.3, 0.4) is 0 Å². The number of carboxylic acid groups (broad SMARTS) is 1. The van der Waals surface area contributed by atoms with Crippen molar-refractivity contribution in [1.82, 2.24) is 0 Å². The minimum absolute atomic E-state index is 0.0542. The van der Waals surface area contributed by atoms with Crippen molar-refractivity contribution >= 4 is 23.9 Å². The summed E-state index contributed by atoms with van der Waals surface area (Å²) in [7, 11) is 0. The largest absolute Gasteiger partial charge is 0.479 e. The number of ether oxygens (including phenoxy) is 5. The van der Waals surface area contributed by atoms with Gasteiger partial charge >= 0.3 is 23.9 Å². The van der Waals surface area contributed by atoms with E-state index in [1.807, 2.05) is 0 Å². The topological polar surface area (TPSA) is 175 Å². The van der Waals surface area contributed by atoms with Crippen LogP contribution in [0.25, 0.3) is 0 Å². The molecule has 1 rings (SSSR count). The van der Waals surface area contributed by atoms with Gasteiger partial charge in [0.05, 0.1) is 6.61 Å². The van der Waals surface area contributed by atoms with Gasteiger partial charge in [0.1, 0.15) is 18.8 Å². The number of hydrogen-bond acceptors (Lipinski definition) is 11. The Morgan fingerprint density at radius 2 is 0.722 bits per heavy atom. The zero-order valence-corrected chi connectivity index (χ0v) is 51.1. The fraction of sp³-hybridized carbons (Fsp3) is 0.881. The van der Waals surface area contributed by atoms with Gasteiger partial charge in [0.25, 0.3) is 0 Å². The fourth-order valence-electron chi connectivity index (χ4n) is 10.4. The van der Waals surface area contributed by atoms with Crippen LogP contribution in [0.1, 0.15) is 329 Å². The Balaban J connectivity index is 2.63. The summed E-state index contributed by atoms with van der Waals surface area (Å²) in [6, 6.07) is 0. The highest BCUT2D eigenvalue weighted by molar-refractivity contribution is 5.74. The average molecular weight is 1120 g/mol. The van der Waals surface area contributed by atoms with E-state index in [9.17, 15) is 34.5 Å². The van der Waals surface area contributed by atoms with Gasteiger partial charge in [0, 0.05) is 19.3 Å². The molecule has 0 amide bonds. The van der Waals surface area contributed by atoms with Crippen LogP contribution in [0.5, 0.6) is 0 Å². The van der Waals surface area contributed by atoms with Gasteiger partial charge < -0.3 is 39.0 Å². The van der Waals surface area contributed by atoms with Gasteiger partial charge in [0.15, 0.2) is 24.6 Å². The Hall–Kier alpha value is -2.80. The zero-order valence-electron chi connectivity index (χ0n) is 51.1.